The number of fused-ring (bicyclic) bond motifs is 1. The summed E-state index contributed by atoms with van der Waals surface area (Å²) in [4.78, 5) is 24.2. The number of para-hydroxylation sites is 2. The van der Waals surface area contributed by atoms with Crippen LogP contribution in [0.25, 0.3) is 0 Å². The summed E-state index contributed by atoms with van der Waals surface area (Å²) in [7, 11) is 0. The fourth-order valence-electron chi connectivity index (χ4n) is 3.40. The molecule has 1 heterocycles. The predicted octanol–water partition coefficient (Wildman–Crippen LogP) is 2.31. The average molecular weight is 347 g/mol. The highest BCUT2D eigenvalue weighted by Crippen LogP contribution is 2.31. The number of carbonyl (C=O) groups excluding carboxylic acids is 2. The number of hydrogen-bond donors (Lipinski definition) is 1. The summed E-state index contributed by atoms with van der Waals surface area (Å²) in [6.07, 6.45) is 2.43. The first-order valence-corrected chi connectivity index (χ1v) is 8.89. The minimum Gasteiger partial charge on any atom is -0.485 e. The van der Waals surface area contributed by atoms with Crippen LogP contribution >= 0.6 is 0 Å². The lowest BCUT2D eigenvalue weighted by Crippen LogP contribution is -2.46. The van der Waals surface area contributed by atoms with Gasteiger partial charge in [-0.2, -0.15) is 0 Å². The Morgan fingerprint density at radius 3 is 2.76 bits per heavy atom. The molecule has 1 saturated carbocycles. The standard InChI is InChI=1S/C19H25NO5/c1-12-6-5-7-14(13(12)2)20-18(21)11-24-19(22)17-10-23-15-8-3-4-9-16(15)25-17/h3-4,8-9,12-14,17H,5-7,10-11H2,1-2H3,(H,20,21). The van der Waals surface area contributed by atoms with Gasteiger partial charge in [-0.1, -0.05) is 38.8 Å². The quantitative estimate of drug-likeness (QED) is 0.846. The third-order valence-electron chi connectivity index (χ3n) is 5.17. The molecule has 3 rings (SSSR count). The highest BCUT2D eigenvalue weighted by molar-refractivity contribution is 5.82. The summed E-state index contributed by atoms with van der Waals surface area (Å²) in [5, 5.41) is 2.98. The first-order valence-electron chi connectivity index (χ1n) is 8.89. The molecule has 0 spiro atoms. The van der Waals surface area contributed by atoms with Crippen LogP contribution in [0.5, 0.6) is 11.5 Å². The second-order valence-electron chi connectivity index (χ2n) is 6.91. The molecule has 136 valence electrons. The molecule has 1 N–H and O–H groups in total. The number of carbonyl (C=O) groups is 2. The lowest BCUT2D eigenvalue weighted by molar-refractivity contribution is -0.158. The Morgan fingerprint density at radius 1 is 1.20 bits per heavy atom. The second kappa shape index (κ2) is 7.76. The molecular weight excluding hydrogens is 322 g/mol. The summed E-state index contributed by atoms with van der Waals surface area (Å²) in [5.74, 6) is 1.27. The molecule has 1 aromatic carbocycles. The molecule has 1 aromatic rings. The van der Waals surface area contributed by atoms with E-state index in [4.69, 9.17) is 14.2 Å². The van der Waals surface area contributed by atoms with E-state index in [-0.39, 0.29) is 25.2 Å². The van der Waals surface area contributed by atoms with Gasteiger partial charge in [0.15, 0.2) is 18.1 Å². The highest BCUT2D eigenvalue weighted by atomic mass is 16.6. The van der Waals surface area contributed by atoms with Crippen molar-refractivity contribution >= 4 is 11.9 Å². The SMILES string of the molecule is CC1CCCC(NC(=O)COC(=O)C2COc3ccccc3O2)C1C. The Kier molecular flexibility index (Phi) is 5.46. The number of amides is 1. The third kappa shape index (κ3) is 4.24. The molecule has 1 aliphatic heterocycles. The zero-order chi connectivity index (χ0) is 17.8. The first kappa shape index (κ1) is 17.6. The van der Waals surface area contributed by atoms with Crippen LogP contribution in [0.2, 0.25) is 0 Å². The number of hydrogen-bond acceptors (Lipinski definition) is 5. The number of rotatable bonds is 4. The van der Waals surface area contributed by atoms with Crippen LogP contribution in [0, 0.1) is 11.8 Å². The van der Waals surface area contributed by atoms with E-state index in [1.54, 1.807) is 18.2 Å². The minimum absolute atomic E-state index is 0.0780. The van der Waals surface area contributed by atoms with Gasteiger partial charge >= 0.3 is 5.97 Å². The van der Waals surface area contributed by atoms with Crippen molar-refractivity contribution in [2.75, 3.05) is 13.2 Å². The van der Waals surface area contributed by atoms with E-state index in [2.05, 4.69) is 19.2 Å². The summed E-state index contributed by atoms with van der Waals surface area (Å²) < 4.78 is 16.2. The molecule has 0 saturated heterocycles. The normalized spacial score (nSPS) is 28.1. The molecular formula is C19H25NO5. The van der Waals surface area contributed by atoms with Crippen molar-refractivity contribution in [1.29, 1.82) is 0 Å². The summed E-state index contributed by atoms with van der Waals surface area (Å²) in [5.41, 5.74) is 0. The molecule has 0 aromatic heterocycles. The van der Waals surface area contributed by atoms with Gasteiger partial charge in [-0.25, -0.2) is 4.79 Å². The average Bonchev–Trinajstić information content (AvgIpc) is 2.63. The van der Waals surface area contributed by atoms with Gasteiger partial charge in [0.05, 0.1) is 0 Å². The van der Waals surface area contributed by atoms with Crippen LogP contribution in [-0.4, -0.2) is 37.2 Å². The first-order chi connectivity index (χ1) is 12.0. The van der Waals surface area contributed by atoms with Gasteiger partial charge in [0.25, 0.3) is 5.91 Å². The van der Waals surface area contributed by atoms with Crippen molar-refractivity contribution in [2.45, 2.75) is 45.3 Å². The summed E-state index contributed by atoms with van der Waals surface area (Å²) in [6, 6.07) is 7.29. The Balaban J connectivity index is 1.45. The predicted molar refractivity (Wildman–Crippen MR) is 91.4 cm³/mol. The Hall–Kier alpha value is -2.24. The largest absolute Gasteiger partial charge is 0.485 e. The van der Waals surface area contributed by atoms with Crippen LogP contribution in [0.1, 0.15) is 33.1 Å². The van der Waals surface area contributed by atoms with E-state index in [1.807, 2.05) is 6.07 Å². The molecule has 25 heavy (non-hydrogen) atoms. The lowest BCUT2D eigenvalue weighted by Gasteiger charge is -2.34. The van der Waals surface area contributed by atoms with E-state index in [1.165, 1.54) is 6.42 Å². The van der Waals surface area contributed by atoms with E-state index in [0.29, 0.717) is 23.3 Å². The molecule has 6 nitrogen and oxygen atoms in total. The molecule has 1 fully saturated rings. The molecule has 0 radical (unpaired) electrons. The van der Waals surface area contributed by atoms with Crippen LogP contribution in [0.3, 0.4) is 0 Å². The van der Waals surface area contributed by atoms with Gasteiger partial charge in [0.1, 0.15) is 6.61 Å². The molecule has 6 heteroatoms. The Bertz CT molecular complexity index is 632. The van der Waals surface area contributed by atoms with Crippen molar-refractivity contribution in [3.8, 4) is 11.5 Å². The molecule has 0 bridgehead atoms. The third-order valence-corrected chi connectivity index (χ3v) is 5.17. The number of benzene rings is 1. The van der Waals surface area contributed by atoms with Gasteiger partial charge < -0.3 is 19.5 Å². The van der Waals surface area contributed by atoms with Crippen LogP contribution in [-0.2, 0) is 14.3 Å². The van der Waals surface area contributed by atoms with Crippen molar-refractivity contribution in [2.24, 2.45) is 11.8 Å². The smallest absolute Gasteiger partial charge is 0.351 e. The monoisotopic (exact) mass is 347 g/mol. The van der Waals surface area contributed by atoms with Crippen LogP contribution < -0.4 is 14.8 Å². The maximum absolute atomic E-state index is 12.1. The van der Waals surface area contributed by atoms with E-state index in [9.17, 15) is 9.59 Å². The minimum atomic E-state index is -0.851. The van der Waals surface area contributed by atoms with Gasteiger partial charge in [0.2, 0.25) is 6.10 Å². The molecule has 4 atom stereocenters. The van der Waals surface area contributed by atoms with Crippen molar-refractivity contribution < 1.29 is 23.8 Å². The van der Waals surface area contributed by atoms with Gasteiger partial charge in [-0.15, -0.1) is 0 Å². The molecule has 1 aliphatic carbocycles. The number of ether oxygens (including phenoxy) is 3. The molecule has 1 amide bonds. The fraction of sp³-hybridized carbons (Fsp3) is 0.579. The lowest BCUT2D eigenvalue weighted by atomic mass is 9.78. The van der Waals surface area contributed by atoms with E-state index < -0.39 is 12.1 Å². The van der Waals surface area contributed by atoms with Crippen molar-refractivity contribution in [1.82, 2.24) is 5.32 Å². The zero-order valence-electron chi connectivity index (χ0n) is 14.7. The number of nitrogens with one attached hydrogen (secondary N) is 1. The maximum atomic E-state index is 12.1. The summed E-state index contributed by atoms with van der Waals surface area (Å²) >= 11 is 0. The van der Waals surface area contributed by atoms with Crippen LogP contribution in [0.4, 0.5) is 0 Å². The van der Waals surface area contributed by atoms with Crippen LogP contribution in [0.15, 0.2) is 24.3 Å². The molecule has 2 aliphatic rings. The zero-order valence-corrected chi connectivity index (χ0v) is 14.7. The van der Waals surface area contributed by atoms with Gasteiger partial charge in [0, 0.05) is 6.04 Å². The van der Waals surface area contributed by atoms with Gasteiger partial charge in [-0.05, 0) is 30.4 Å². The second-order valence-corrected chi connectivity index (χ2v) is 6.91. The van der Waals surface area contributed by atoms with E-state index in [0.717, 1.165) is 12.8 Å². The maximum Gasteiger partial charge on any atom is 0.351 e. The Morgan fingerprint density at radius 2 is 1.96 bits per heavy atom. The fourth-order valence-corrected chi connectivity index (χ4v) is 3.40. The van der Waals surface area contributed by atoms with Crippen molar-refractivity contribution in [3.63, 3.8) is 0 Å². The molecule has 4 unspecified atom stereocenters. The van der Waals surface area contributed by atoms with Crippen molar-refractivity contribution in [3.05, 3.63) is 24.3 Å². The highest BCUT2D eigenvalue weighted by Gasteiger charge is 2.31. The summed E-state index contributed by atoms with van der Waals surface area (Å²) in [6.45, 7) is 4.15. The topological polar surface area (TPSA) is 73.9 Å². The van der Waals surface area contributed by atoms with E-state index >= 15 is 0 Å². The number of esters is 1. The Labute approximate surface area is 147 Å². The van der Waals surface area contributed by atoms with Gasteiger partial charge in [-0.3, -0.25) is 4.79 Å².